The third-order valence-corrected chi connectivity index (χ3v) is 5.55. The summed E-state index contributed by atoms with van der Waals surface area (Å²) in [7, 11) is 0. The average Bonchev–Trinajstić information content (AvgIpc) is 3.25. The number of primary amides is 1. The minimum atomic E-state index is -0.793. The summed E-state index contributed by atoms with van der Waals surface area (Å²) in [6.45, 7) is 4.49. The van der Waals surface area contributed by atoms with Crippen molar-refractivity contribution in [1.82, 2.24) is 10.2 Å². The molecule has 1 fully saturated rings. The minimum absolute atomic E-state index is 0.0929. The average molecular weight is 439 g/mol. The van der Waals surface area contributed by atoms with Crippen LogP contribution in [-0.2, 0) is 27.4 Å². The highest BCUT2D eigenvalue weighted by molar-refractivity contribution is 6.40. The summed E-state index contributed by atoms with van der Waals surface area (Å²) in [6, 6.07) is 12.8. The SMILES string of the molecule is NC(=O)C1CC(C(=O)NCc2cccc(CN3CCOCC3)c2)=NN1c1ccc(F)cc1. The number of rotatable bonds is 7. The van der Waals surface area contributed by atoms with Gasteiger partial charge in [-0.15, -0.1) is 0 Å². The molecule has 32 heavy (non-hydrogen) atoms. The third kappa shape index (κ3) is 5.30. The van der Waals surface area contributed by atoms with Crippen molar-refractivity contribution in [3.05, 3.63) is 65.5 Å². The van der Waals surface area contributed by atoms with Crippen LogP contribution in [0.4, 0.5) is 10.1 Å². The molecule has 2 heterocycles. The van der Waals surface area contributed by atoms with Crippen LogP contribution in [-0.4, -0.2) is 54.8 Å². The Kier molecular flexibility index (Phi) is 6.77. The Bertz CT molecular complexity index is 1000. The van der Waals surface area contributed by atoms with Gasteiger partial charge in [-0.05, 0) is 35.4 Å². The third-order valence-electron chi connectivity index (χ3n) is 5.55. The van der Waals surface area contributed by atoms with Gasteiger partial charge in [0.15, 0.2) is 0 Å². The lowest BCUT2D eigenvalue weighted by molar-refractivity contribution is -0.119. The monoisotopic (exact) mass is 439 g/mol. The molecule has 3 N–H and O–H groups in total. The van der Waals surface area contributed by atoms with Gasteiger partial charge in [0.05, 0.1) is 18.9 Å². The predicted molar refractivity (Wildman–Crippen MR) is 118 cm³/mol. The second-order valence-electron chi connectivity index (χ2n) is 7.88. The molecule has 168 valence electrons. The molecule has 8 nitrogen and oxygen atoms in total. The van der Waals surface area contributed by atoms with Crippen molar-refractivity contribution >= 4 is 23.2 Å². The first kappa shape index (κ1) is 21.9. The van der Waals surface area contributed by atoms with Gasteiger partial charge in [0.25, 0.3) is 5.91 Å². The number of benzene rings is 2. The van der Waals surface area contributed by atoms with Crippen molar-refractivity contribution in [2.75, 3.05) is 31.3 Å². The molecule has 1 saturated heterocycles. The molecule has 0 spiro atoms. The van der Waals surface area contributed by atoms with Crippen molar-refractivity contribution in [2.45, 2.75) is 25.6 Å². The van der Waals surface area contributed by atoms with E-state index in [4.69, 9.17) is 10.5 Å². The molecule has 2 aliphatic heterocycles. The molecule has 1 atom stereocenters. The zero-order chi connectivity index (χ0) is 22.5. The number of hydrogen-bond acceptors (Lipinski definition) is 6. The van der Waals surface area contributed by atoms with Gasteiger partial charge >= 0.3 is 0 Å². The second-order valence-corrected chi connectivity index (χ2v) is 7.88. The van der Waals surface area contributed by atoms with Crippen molar-refractivity contribution < 1.29 is 18.7 Å². The fourth-order valence-corrected chi connectivity index (χ4v) is 3.84. The number of carbonyl (C=O) groups excluding carboxylic acids is 2. The van der Waals surface area contributed by atoms with E-state index in [1.165, 1.54) is 34.8 Å². The van der Waals surface area contributed by atoms with Gasteiger partial charge in [-0.2, -0.15) is 5.10 Å². The van der Waals surface area contributed by atoms with Crippen molar-refractivity contribution in [1.29, 1.82) is 0 Å². The summed E-state index contributed by atoms with van der Waals surface area (Å²) in [4.78, 5) is 26.9. The lowest BCUT2D eigenvalue weighted by Crippen LogP contribution is -2.39. The molecule has 9 heteroatoms. The summed E-state index contributed by atoms with van der Waals surface area (Å²) in [5.41, 5.74) is 8.36. The highest BCUT2D eigenvalue weighted by atomic mass is 19.1. The second kappa shape index (κ2) is 9.88. The highest BCUT2D eigenvalue weighted by Crippen LogP contribution is 2.25. The van der Waals surface area contributed by atoms with Crippen LogP contribution in [0.2, 0.25) is 0 Å². The number of halogens is 1. The molecule has 2 amide bonds. The van der Waals surface area contributed by atoms with E-state index in [1.54, 1.807) is 0 Å². The Morgan fingerprint density at radius 2 is 1.84 bits per heavy atom. The fraction of sp³-hybridized carbons (Fsp3) is 0.348. The van der Waals surface area contributed by atoms with Gasteiger partial charge in [0.1, 0.15) is 17.6 Å². The number of nitrogens with zero attached hydrogens (tertiary/aromatic N) is 3. The number of amides is 2. The highest BCUT2D eigenvalue weighted by Gasteiger charge is 2.34. The zero-order valence-corrected chi connectivity index (χ0v) is 17.7. The zero-order valence-electron chi connectivity index (χ0n) is 17.7. The maximum atomic E-state index is 13.2. The molecular formula is C23H26FN5O3. The molecule has 0 radical (unpaired) electrons. The first-order chi connectivity index (χ1) is 15.5. The standard InChI is InChI=1S/C23H26FN5O3/c24-18-4-6-19(7-5-18)29-21(22(25)30)13-20(27-29)23(31)26-14-16-2-1-3-17(12-16)15-28-8-10-32-11-9-28/h1-7,12,21H,8-11,13-15H2,(H2,25,30)(H,26,31). The molecule has 0 saturated carbocycles. The van der Waals surface area contributed by atoms with E-state index >= 15 is 0 Å². The van der Waals surface area contributed by atoms with Crippen LogP contribution in [0, 0.1) is 5.82 Å². The molecule has 2 aliphatic rings. The van der Waals surface area contributed by atoms with E-state index in [-0.39, 0.29) is 18.0 Å². The predicted octanol–water partition coefficient (Wildman–Crippen LogP) is 1.39. The van der Waals surface area contributed by atoms with Crippen LogP contribution in [0.25, 0.3) is 0 Å². The Morgan fingerprint density at radius 3 is 2.56 bits per heavy atom. The number of nitrogens with two attached hydrogens (primary N) is 1. The molecule has 2 aromatic rings. The van der Waals surface area contributed by atoms with Gasteiger partial charge in [0.2, 0.25) is 5.91 Å². The van der Waals surface area contributed by atoms with Gasteiger partial charge in [-0.3, -0.25) is 19.5 Å². The molecule has 1 unspecified atom stereocenters. The Morgan fingerprint density at radius 1 is 1.12 bits per heavy atom. The molecule has 0 aromatic heterocycles. The Hall–Kier alpha value is -3.30. The number of ether oxygens (including phenoxy) is 1. The van der Waals surface area contributed by atoms with E-state index < -0.39 is 17.8 Å². The normalized spacial score (nSPS) is 19.0. The topological polar surface area (TPSA) is 100 Å². The van der Waals surface area contributed by atoms with Crippen molar-refractivity contribution in [3.8, 4) is 0 Å². The molecule has 2 aromatic carbocycles. The van der Waals surface area contributed by atoms with Crippen LogP contribution in [0.15, 0.2) is 53.6 Å². The number of anilines is 1. The molecule has 0 aliphatic carbocycles. The largest absolute Gasteiger partial charge is 0.379 e. The minimum Gasteiger partial charge on any atom is -0.379 e. The summed E-state index contributed by atoms with van der Waals surface area (Å²) in [5, 5.41) is 8.54. The van der Waals surface area contributed by atoms with Gasteiger partial charge in [-0.1, -0.05) is 24.3 Å². The van der Waals surface area contributed by atoms with Gasteiger partial charge in [0, 0.05) is 32.6 Å². The summed E-state index contributed by atoms with van der Waals surface area (Å²) >= 11 is 0. The smallest absolute Gasteiger partial charge is 0.267 e. The van der Waals surface area contributed by atoms with Gasteiger partial charge in [-0.25, -0.2) is 4.39 Å². The van der Waals surface area contributed by atoms with Crippen LogP contribution < -0.4 is 16.1 Å². The summed E-state index contributed by atoms with van der Waals surface area (Å²) in [5.74, 6) is -1.36. The van der Waals surface area contributed by atoms with E-state index in [0.717, 1.165) is 38.4 Å². The van der Waals surface area contributed by atoms with Crippen molar-refractivity contribution in [2.24, 2.45) is 10.8 Å². The van der Waals surface area contributed by atoms with E-state index in [1.807, 2.05) is 12.1 Å². The molecular weight excluding hydrogens is 413 g/mol. The number of hydrazone groups is 1. The van der Waals surface area contributed by atoms with E-state index in [0.29, 0.717) is 12.2 Å². The summed E-state index contributed by atoms with van der Waals surface area (Å²) in [6.07, 6.45) is 0.0929. The van der Waals surface area contributed by atoms with Crippen LogP contribution in [0.1, 0.15) is 17.5 Å². The lowest BCUT2D eigenvalue weighted by Gasteiger charge is -2.26. The number of nitrogens with one attached hydrogen (secondary N) is 1. The first-order valence-corrected chi connectivity index (χ1v) is 10.6. The van der Waals surface area contributed by atoms with Crippen LogP contribution >= 0.6 is 0 Å². The lowest BCUT2D eigenvalue weighted by atomic mass is 10.1. The Labute approximate surface area is 185 Å². The number of carbonyl (C=O) groups is 2. The van der Waals surface area contributed by atoms with Crippen LogP contribution in [0.3, 0.4) is 0 Å². The van der Waals surface area contributed by atoms with Gasteiger partial charge < -0.3 is 15.8 Å². The number of hydrogen-bond donors (Lipinski definition) is 2. The maximum absolute atomic E-state index is 13.2. The molecule has 0 bridgehead atoms. The summed E-state index contributed by atoms with van der Waals surface area (Å²) < 4.78 is 18.6. The van der Waals surface area contributed by atoms with E-state index in [9.17, 15) is 14.0 Å². The molecule has 4 rings (SSSR count). The first-order valence-electron chi connectivity index (χ1n) is 10.6. The fourth-order valence-electron chi connectivity index (χ4n) is 3.84. The van der Waals surface area contributed by atoms with Crippen LogP contribution in [0.5, 0.6) is 0 Å². The Balaban J connectivity index is 1.39. The van der Waals surface area contributed by atoms with Crippen molar-refractivity contribution in [3.63, 3.8) is 0 Å². The quantitative estimate of drug-likeness (QED) is 0.679. The number of morpholine rings is 1. The van der Waals surface area contributed by atoms with E-state index in [2.05, 4.69) is 27.5 Å². The maximum Gasteiger partial charge on any atom is 0.267 e.